The number of hydrogen-bond acceptors (Lipinski definition) is 0. The second-order valence-corrected chi connectivity index (χ2v) is 3.15. The predicted molar refractivity (Wildman–Crippen MR) is 50.9 cm³/mol. The standard InChI is InChI=1S/C11H13N/c1-8-5-6-11(7-9(8)2)10(3)12-4/h5-7,10H,1-3H3. The first-order valence-electron chi connectivity index (χ1n) is 4.09. The van der Waals surface area contributed by atoms with Gasteiger partial charge in [-0.3, -0.25) is 0 Å². The Morgan fingerprint density at radius 1 is 1.25 bits per heavy atom. The highest BCUT2D eigenvalue weighted by molar-refractivity contribution is 5.32. The Labute approximate surface area is 73.9 Å². The third kappa shape index (κ3) is 1.65. The molecule has 0 aliphatic rings. The van der Waals surface area contributed by atoms with E-state index in [-0.39, 0.29) is 6.04 Å². The number of nitrogens with zero attached hydrogens (tertiary/aromatic N) is 1. The van der Waals surface area contributed by atoms with Crippen molar-refractivity contribution in [1.82, 2.24) is 0 Å². The Morgan fingerprint density at radius 3 is 2.42 bits per heavy atom. The summed E-state index contributed by atoms with van der Waals surface area (Å²) in [4.78, 5) is 3.48. The van der Waals surface area contributed by atoms with Crippen LogP contribution in [-0.4, -0.2) is 0 Å². The van der Waals surface area contributed by atoms with Gasteiger partial charge in [-0.1, -0.05) is 12.1 Å². The molecule has 0 aliphatic carbocycles. The quantitative estimate of drug-likeness (QED) is 0.554. The molecule has 1 atom stereocenters. The molecular weight excluding hydrogens is 146 g/mol. The Hall–Kier alpha value is -1.29. The maximum atomic E-state index is 6.90. The third-order valence-electron chi connectivity index (χ3n) is 2.21. The smallest absolute Gasteiger partial charge is 0.245 e. The van der Waals surface area contributed by atoms with E-state index < -0.39 is 0 Å². The summed E-state index contributed by atoms with van der Waals surface area (Å²) in [5.41, 5.74) is 3.67. The molecule has 1 aromatic rings. The van der Waals surface area contributed by atoms with Crippen LogP contribution in [0.4, 0.5) is 0 Å². The Bertz CT molecular complexity index is 320. The van der Waals surface area contributed by atoms with Gasteiger partial charge in [0.2, 0.25) is 6.04 Å². The number of benzene rings is 1. The molecule has 1 heteroatoms. The molecule has 0 fully saturated rings. The van der Waals surface area contributed by atoms with Crippen LogP contribution in [-0.2, 0) is 0 Å². The molecule has 1 unspecified atom stereocenters. The van der Waals surface area contributed by atoms with Crippen LogP contribution in [0.3, 0.4) is 0 Å². The number of rotatable bonds is 1. The van der Waals surface area contributed by atoms with Crippen LogP contribution >= 0.6 is 0 Å². The Morgan fingerprint density at radius 2 is 1.92 bits per heavy atom. The molecule has 0 radical (unpaired) electrons. The monoisotopic (exact) mass is 159 g/mol. The van der Waals surface area contributed by atoms with Crippen LogP contribution in [0.2, 0.25) is 0 Å². The molecule has 0 amide bonds. The lowest BCUT2D eigenvalue weighted by Gasteiger charge is -2.03. The molecule has 12 heavy (non-hydrogen) atoms. The molecule has 0 heterocycles. The summed E-state index contributed by atoms with van der Waals surface area (Å²) in [6, 6.07) is 6.19. The highest BCUT2D eigenvalue weighted by Crippen LogP contribution is 2.19. The van der Waals surface area contributed by atoms with Gasteiger partial charge >= 0.3 is 0 Å². The van der Waals surface area contributed by atoms with Gasteiger partial charge in [0.15, 0.2) is 0 Å². The average Bonchev–Trinajstić information content (AvgIpc) is 2.08. The fourth-order valence-electron chi connectivity index (χ4n) is 1.10. The normalized spacial score (nSPS) is 12.2. The van der Waals surface area contributed by atoms with E-state index in [1.807, 2.05) is 13.0 Å². The molecule has 0 spiro atoms. The van der Waals surface area contributed by atoms with Gasteiger partial charge in [-0.05, 0) is 31.0 Å². The topological polar surface area (TPSA) is 4.36 Å². The Balaban J connectivity index is 3.06. The zero-order valence-corrected chi connectivity index (χ0v) is 7.76. The molecule has 0 N–H and O–H groups in total. The summed E-state index contributed by atoms with van der Waals surface area (Å²) in [6.45, 7) is 13.0. The molecule has 0 aromatic heterocycles. The minimum absolute atomic E-state index is 0.00991. The molecule has 0 aliphatic heterocycles. The van der Waals surface area contributed by atoms with Gasteiger partial charge in [-0.25, -0.2) is 6.57 Å². The zero-order chi connectivity index (χ0) is 9.14. The van der Waals surface area contributed by atoms with Crippen LogP contribution in [0.1, 0.15) is 29.7 Å². The maximum absolute atomic E-state index is 6.90. The van der Waals surface area contributed by atoms with Crippen LogP contribution in [0, 0.1) is 20.4 Å². The van der Waals surface area contributed by atoms with Crippen LogP contribution in [0.5, 0.6) is 0 Å². The summed E-state index contributed by atoms with van der Waals surface area (Å²) >= 11 is 0. The summed E-state index contributed by atoms with van der Waals surface area (Å²) in [5, 5.41) is 0. The molecule has 62 valence electrons. The van der Waals surface area contributed by atoms with Gasteiger partial charge in [0, 0.05) is 12.5 Å². The van der Waals surface area contributed by atoms with Crippen molar-refractivity contribution >= 4 is 0 Å². The molecule has 1 aromatic carbocycles. The highest BCUT2D eigenvalue weighted by Gasteiger charge is 2.07. The van der Waals surface area contributed by atoms with Crippen molar-refractivity contribution in [3.05, 3.63) is 46.3 Å². The predicted octanol–water partition coefficient (Wildman–Crippen LogP) is 3.28. The average molecular weight is 159 g/mol. The van der Waals surface area contributed by atoms with Crippen molar-refractivity contribution < 1.29 is 0 Å². The molecule has 0 saturated heterocycles. The van der Waals surface area contributed by atoms with Crippen molar-refractivity contribution in [1.29, 1.82) is 0 Å². The van der Waals surface area contributed by atoms with Crippen molar-refractivity contribution in [3.8, 4) is 0 Å². The van der Waals surface area contributed by atoms with E-state index in [4.69, 9.17) is 6.57 Å². The maximum Gasteiger partial charge on any atom is 0.245 e. The summed E-state index contributed by atoms with van der Waals surface area (Å²) < 4.78 is 0. The fourth-order valence-corrected chi connectivity index (χ4v) is 1.10. The van der Waals surface area contributed by atoms with Gasteiger partial charge in [-0.15, -0.1) is 0 Å². The lowest BCUT2D eigenvalue weighted by Crippen LogP contribution is -1.89. The number of hydrogen-bond donors (Lipinski definition) is 0. The van der Waals surface area contributed by atoms with Gasteiger partial charge in [-0.2, -0.15) is 0 Å². The first-order valence-corrected chi connectivity index (χ1v) is 4.09. The van der Waals surface area contributed by atoms with Crippen molar-refractivity contribution in [2.45, 2.75) is 26.8 Å². The first kappa shape index (κ1) is 8.80. The lowest BCUT2D eigenvalue weighted by molar-refractivity contribution is 0.956. The van der Waals surface area contributed by atoms with Crippen LogP contribution in [0.15, 0.2) is 18.2 Å². The Kier molecular flexibility index (Phi) is 2.50. The first-order chi connectivity index (χ1) is 5.65. The lowest BCUT2D eigenvalue weighted by atomic mass is 10.0. The fraction of sp³-hybridized carbons (Fsp3) is 0.364. The van der Waals surface area contributed by atoms with E-state index in [1.165, 1.54) is 11.1 Å². The largest absolute Gasteiger partial charge is 0.309 e. The molecule has 1 rings (SSSR count). The van der Waals surface area contributed by atoms with Crippen molar-refractivity contribution in [2.24, 2.45) is 0 Å². The molecule has 0 bridgehead atoms. The third-order valence-corrected chi connectivity index (χ3v) is 2.21. The minimum atomic E-state index is -0.00991. The van der Waals surface area contributed by atoms with E-state index in [0.29, 0.717) is 0 Å². The summed E-state index contributed by atoms with van der Waals surface area (Å²) in [7, 11) is 0. The summed E-state index contributed by atoms with van der Waals surface area (Å²) in [5.74, 6) is 0. The molecule has 0 saturated carbocycles. The zero-order valence-electron chi connectivity index (χ0n) is 7.76. The summed E-state index contributed by atoms with van der Waals surface area (Å²) in [6.07, 6.45) is 0. The van der Waals surface area contributed by atoms with E-state index in [9.17, 15) is 0 Å². The van der Waals surface area contributed by atoms with Crippen molar-refractivity contribution in [3.63, 3.8) is 0 Å². The van der Waals surface area contributed by atoms with Gasteiger partial charge in [0.1, 0.15) is 0 Å². The van der Waals surface area contributed by atoms with E-state index in [1.54, 1.807) is 0 Å². The van der Waals surface area contributed by atoms with Crippen LogP contribution < -0.4 is 0 Å². The second-order valence-electron chi connectivity index (χ2n) is 3.15. The molecular formula is C11H13N. The van der Waals surface area contributed by atoms with Gasteiger partial charge in [0.25, 0.3) is 0 Å². The van der Waals surface area contributed by atoms with E-state index in [0.717, 1.165) is 5.56 Å². The minimum Gasteiger partial charge on any atom is -0.309 e. The highest BCUT2D eigenvalue weighted by atomic mass is 14.7. The second kappa shape index (κ2) is 3.40. The molecule has 1 nitrogen and oxygen atoms in total. The van der Waals surface area contributed by atoms with E-state index >= 15 is 0 Å². The van der Waals surface area contributed by atoms with Gasteiger partial charge < -0.3 is 4.85 Å². The number of aryl methyl sites for hydroxylation is 2. The SMILES string of the molecule is [C-]#[N+]C(C)c1ccc(C)c(C)c1. The van der Waals surface area contributed by atoms with Crippen molar-refractivity contribution in [2.75, 3.05) is 0 Å². The van der Waals surface area contributed by atoms with Crippen LogP contribution in [0.25, 0.3) is 4.85 Å². The van der Waals surface area contributed by atoms with E-state index in [2.05, 4.69) is 30.8 Å². The van der Waals surface area contributed by atoms with Gasteiger partial charge in [0.05, 0.1) is 0 Å².